The van der Waals surface area contributed by atoms with Gasteiger partial charge < -0.3 is 5.11 Å². The molecule has 1 N–H and O–H groups in total. The summed E-state index contributed by atoms with van der Waals surface area (Å²) in [5, 5.41) is 8.27. The van der Waals surface area contributed by atoms with E-state index in [0.717, 1.165) is 5.57 Å². The Bertz CT molecular complexity index is 55.0. The average Bonchev–Trinajstić information content (AvgIpc) is 1.65. The van der Waals surface area contributed by atoms with Crippen molar-refractivity contribution in [3.8, 4) is 0 Å². The summed E-state index contributed by atoms with van der Waals surface area (Å²) in [6.45, 7) is 3.99. The highest BCUT2D eigenvalue weighted by molar-refractivity contribution is 4.94. The first-order chi connectivity index (χ1) is 2.81. The van der Waals surface area contributed by atoms with Gasteiger partial charge in [-0.15, -0.1) is 0 Å². The van der Waals surface area contributed by atoms with Gasteiger partial charge in [-0.2, -0.15) is 0 Å². The summed E-state index contributed by atoms with van der Waals surface area (Å²) in [4.78, 5) is 0. The van der Waals surface area contributed by atoms with Crippen LogP contribution in [0.2, 0.25) is 0 Å². The first kappa shape index (κ1) is 5.70. The SMILES string of the molecule is CC=C(C)CO. The van der Waals surface area contributed by atoms with Gasteiger partial charge in [-0.3, -0.25) is 0 Å². The molecule has 0 saturated carbocycles. The van der Waals surface area contributed by atoms with Crippen molar-refractivity contribution in [3.05, 3.63) is 11.6 Å². The number of hydrogen-bond acceptors (Lipinski definition) is 1. The van der Waals surface area contributed by atoms with Crippen LogP contribution < -0.4 is 0 Å². The van der Waals surface area contributed by atoms with E-state index in [1.54, 1.807) is 0 Å². The number of hydrogen-bond donors (Lipinski definition) is 1. The lowest BCUT2D eigenvalue weighted by Crippen LogP contribution is -1.79. The molecule has 0 aromatic heterocycles. The zero-order valence-corrected chi connectivity index (χ0v) is 4.23. The van der Waals surface area contributed by atoms with E-state index >= 15 is 0 Å². The van der Waals surface area contributed by atoms with E-state index in [2.05, 4.69) is 0 Å². The van der Waals surface area contributed by atoms with E-state index < -0.39 is 0 Å². The molecule has 6 heavy (non-hydrogen) atoms. The lowest BCUT2D eigenvalue weighted by atomic mass is 10.3. The predicted octanol–water partition coefficient (Wildman–Crippen LogP) is 0.945. The van der Waals surface area contributed by atoms with E-state index in [1.165, 1.54) is 0 Å². The van der Waals surface area contributed by atoms with E-state index in [1.807, 2.05) is 19.9 Å². The topological polar surface area (TPSA) is 20.2 Å². The highest BCUT2D eigenvalue weighted by Crippen LogP contribution is 1.84. The van der Waals surface area contributed by atoms with E-state index in [9.17, 15) is 0 Å². The Labute approximate surface area is 38.3 Å². The largest absolute Gasteiger partial charge is 0.392 e. The summed E-state index contributed by atoms with van der Waals surface area (Å²) in [7, 11) is 0. The van der Waals surface area contributed by atoms with Crippen molar-refractivity contribution in [1.82, 2.24) is 0 Å². The van der Waals surface area contributed by atoms with Crippen LogP contribution in [0, 0.1) is 0 Å². The fourth-order valence-electron chi connectivity index (χ4n) is 0.0913. The smallest absolute Gasteiger partial charge is 0.0638 e. The van der Waals surface area contributed by atoms with Crippen LogP contribution in [0.5, 0.6) is 0 Å². The summed E-state index contributed by atoms with van der Waals surface area (Å²) in [5.74, 6) is 0. The minimum Gasteiger partial charge on any atom is -0.392 e. The van der Waals surface area contributed by atoms with Crippen molar-refractivity contribution >= 4 is 0 Å². The molecule has 1 heteroatoms. The van der Waals surface area contributed by atoms with Gasteiger partial charge in [0, 0.05) is 0 Å². The highest BCUT2D eigenvalue weighted by Gasteiger charge is 1.74. The first-order valence-corrected chi connectivity index (χ1v) is 2.04. The molecule has 0 aliphatic carbocycles. The Morgan fingerprint density at radius 2 is 2.33 bits per heavy atom. The van der Waals surface area contributed by atoms with Crippen LogP contribution in [0.15, 0.2) is 11.6 Å². The number of aliphatic hydroxyl groups excluding tert-OH is 1. The zero-order valence-electron chi connectivity index (χ0n) is 4.23. The second-order valence-electron chi connectivity index (χ2n) is 1.29. The standard InChI is InChI=1S/C5H10O/c1-3-5(2)4-6/h3,6H,4H2,1-2H3. The van der Waals surface area contributed by atoms with Gasteiger partial charge in [-0.25, -0.2) is 0 Å². The average molecular weight is 86.1 g/mol. The van der Waals surface area contributed by atoms with Gasteiger partial charge in [0.05, 0.1) is 6.61 Å². The number of allylic oxidation sites excluding steroid dienone is 1. The molecule has 36 valence electrons. The van der Waals surface area contributed by atoms with Gasteiger partial charge in [-0.05, 0) is 13.8 Å². The summed E-state index contributed by atoms with van der Waals surface area (Å²) in [6, 6.07) is 0. The molecule has 0 fully saturated rings. The molecule has 0 saturated heterocycles. The summed E-state index contributed by atoms with van der Waals surface area (Å²) < 4.78 is 0. The second-order valence-corrected chi connectivity index (χ2v) is 1.29. The van der Waals surface area contributed by atoms with Crippen LogP contribution >= 0.6 is 0 Å². The molecule has 0 unspecified atom stereocenters. The Morgan fingerprint density at radius 1 is 1.83 bits per heavy atom. The van der Waals surface area contributed by atoms with Gasteiger partial charge in [-0.1, -0.05) is 11.6 Å². The fourth-order valence-corrected chi connectivity index (χ4v) is 0.0913. The lowest BCUT2D eigenvalue weighted by Gasteiger charge is -1.84. The molecule has 0 radical (unpaired) electrons. The quantitative estimate of drug-likeness (QED) is 0.471. The molecular weight excluding hydrogens is 76.1 g/mol. The molecule has 1 nitrogen and oxygen atoms in total. The lowest BCUT2D eigenvalue weighted by molar-refractivity contribution is 0.331. The molecule has 0 heterocycles. The van der Waals surface area contributed by atoms with Crippen LogP contribution in [-0.2, 0) is 0 Å². The summed E-state index contributed by atoms with van der Waals surface area (Å²) >= 11 is 0. The minimum atomic E-state index is 0.191. The fraction of sp³-hybridized carbons (Fsp3) is 0.600. The molecule has 0 atom stereocenters. The van der Waals surface area contributed by atoms with E-state index in [0.29, 0.717) is 0 Å². The van der Waals surface area contributed by atoms with Gasteiger partial charge in [0.25, 0.3) is 0 Å². The van der Waals surface area contributed by atoms with Crippen molar-refractivity contribution < 1.29 is 5.11 Å². The van der Waals surface area contributed by atoms with Crippen LogP contribution in [0.4, 0.5) is 0 Å². The molecule has 0 spiro atoms. The third kappa shape index (κ3) is 1.97. The second kappa shape index (κ2) is 2.91. The van der Waals surface area contributed by atoms with Gasteiger partial charge in [0.2, 0.25) is 0 Å². The molecule has 0 aliphatic rings. The molecule has 0 aromatic carbocycles. The molecule has 0 amide bonds. The Balaban J connectivity index is 3.22. The van der Waals surface area contributed by atoms with Gasteiger partial charge in [0.15, 0.2) is 0 Å². The molecular formula is C5H10O. The molecule has 0 rings (SSSR count). The van der Waals surface area contributed by atoms with E-state index in [-0.39, 0.29) is 6.61 Å². The summed E-state index contributed by atoms with van der Waals surface area (Å²) in [5.41, 5.74) is 1.02. The van der Waals surface area contributed by atoms with E-state index in [4.69, 9.17) is 5.11 Å². The normalized spacial score (nSPS) is 12.2. The number of rotatable bonds is 1. The maximum absolute atomic E-state index is 8.27. The third-order valence-corrected chi connectivity index (χ3v) is 0.742. The van der Waals surface area contributed by atoms with Crippen molar-refractivity contribution in [2.45, 2.75) is 13.8 Å². The van der Waals surface area contributed by atoms with Crippen LogP contribution in [0.1, 0.15) is 13.8 Å². The summed E-state index contributed by atoms with van der Waals surface area (Å²) in [6.07, 6.45) is 1.89. The van der Waals surface area contributed by atoms with Gasteiger partial charge >= 0.3 is 0 Å². The zero-order chi connectivity index (χ0) is 4.99. The van der Waals surface area contributed by atoms with Crippen LogP contribution in [0.3, 0.4) is 0 Å². The minimum absolute atomic E-state index is 0.191. The van der Waals surface area contributed by atoms with Crippen LogP contribution in [0.25, 0.3) is 0 Å². The maximum atomic E-state index is 8.27. The van der Waals surface area contributed by atoms with Crippen molar-refractivity contribution in [3.63, 3.8) is 0 Å². The van der Waals surface area contributed by atoms with Gasteiger partial charge in [0.1, 0.15) is 0 Å². The Morgan fingerprint density at radius 3 is 2.33 bits per heavy atom. The highest BCUT2D eigenvalue weighted by atomic mass is 16.3. The molecule has 0 bridgehead atoms. The van der Waals surface area contributed by atoms with Crippen molar-refractivity contribution in [1.29, 1.82) is 0 Å². The van der Waals surface area contributed by atoms with Crippen molar-refractivity contribution in [2.75, 3.05) is 6.61 Å². The number of aliphatic hydroxyl groups is 1. The monoisotopic (exact) mass is 86.1 g/mol. The third-order valence-electron chi connectivity index (χ3n) is 0.742. The Hall–Kier alpha value is -0.300. The predicted molar refractivity (Wildman–Crippen MR) is 26.5 cm³/mol. The molecule has 0 aliphatic heterocycles. The Kier molecular flexibility index (Phi) is 2.77. The van der Waals surface area contributed by atoms with Crippen LogP contribution in [-0.4, -0.2) is 11.7 Å². The molecule has 0 aromatic rings. The maximum Gasteiger partial charge on any atom is 0.0638 e. The van der Waals surface area contributed by atoms with Crippen molar-refractivity contribution in [2.24, 2.45) is 0 Å². The first-order valence-electron chi connectivity index (χ1n) is 2.04.